The van der Waals surface area contributed by atoms with Gasteiger partial charge < -0.3 is 9.84 Å². The van der Waals surface area contributed by atoms with Crippen LogP contribution in [0.15, 0.2) is 11.6 Å². The highest BCUT2D eigenvalue weighted by atomic mass is 16.5. The maximum atomic E-state index is 8.91. The molecule has 2 nitrogen and oxygen atoms in total. The number of fused-ring (bicyclic) bond motifs is 5. The lowest BCUT2D eigenvalue weighted by Gasteiger charge is -2.58. The molecule has 37 heavy (non-hydrogen) atoms. The number of ether oxygens (including phenoxy) is 1. The molecule has 0 aromatic carbocycles. The lowest BCUT2D eigenvalue weighted by atomic mass is 9.47. The lowest BCUT2D eigenvalue weighted by Crippen LogP contribution is -2.51. The van der Waals surface area contributed by atoms with Gasteiger partial charge in [0.2, 0.25) is 0 Å². The van der Waals surface area contributed by atoms with Crippen LogP contribution in [0.25, 0.3) is 0 Å². The molecule has 3 unspecified atom stereocenters. The zero-order valence-corrected chi connectivity index (χ0v) is 25.4. The highest BCUT2D eigenvalue weighted by molar-refractivity contribution is 5.25. The predicted octanol–water partition coefficient (Wildman–Crippen LogP) is 9.75. The molecule has 3 saturated carbocycles. The Labute approximate surface area is 230 Å². The number of unbranched alkanes of at least 4 members (excludes halogenated alkanes) is 5. The molecule has 0 saturated heterocycles. The molecular formula is C35H62O2. The smallest absolute Gasteiger partial charge is 0.0612 e. The van der Waals surface area contributed by atoms with Crippen LogP contribution < -0.4 is 0 Å². The maximum Gasteiger partial charge on any atom is 0.0612 e. The highest BCUT2D eigenvalue weighted by Crippen LogP contribution is 2.67. The first-order valence-corrected chi connectivity index (χ1v) is 16.7. The molecule has 2 heteroatoms. The third kappa shape index (κ3) is 6.70. The Bertz CT molecular complexity index is 727. The first-order valence-electron chi connectivity index (χ1n) is 16.7. The van der Waals surface area contributed by atoms with Crippen molar-refractivity contribution in [3.8, 4) is 0 Å². The zero-order chi connectivity index (χ0) is 26.5. The van der Waals surface area contributed by atoms with Crippen LogP contribution in [0.1, 0.15) is 144 Å². The van der Waals surface area contributed by atoms with Crippen molar-refractivity contribution in [1.29, 1.82) is 0 Å². The molecule has 0 amide bonds. The van der Waals surface area contributed by atoms with Gasteiger partial charge in [-0.05, 0) is 111 Å². The van der Waals surface area contributed by atoms with Gasteiger partial charge in [0.25, 0.3) is 0 Å². The minimum atomic E-state index is 0.347. The molecule has 0 heterocycles. The molecular weight excluding hydrogens is 452 g/mol. The van der Waals surface area contributed by atoms with E-state index in [4.69, 9.17) is 9.84 Å². The van der Waals surface area contributed by atoms with Gasteiger partial charge in [-0.1, -0.05) is 91.2 Å². The summed E-state index contributed by atoms with van der Waals surface area (Å²) in [6.45, 7) is 14.0. The van der Waals surface area contributed by atoms with Gasteiger partial charge in [-0.15, -0.1) is 0 Å². The van der Waals surface area contributed by atoms with E-state index in [2.05, 4.69) is 40.7 Å². The van der Waals surface area contributed by atoms with E-state index in [-0.39, 0.29) is 0 Å². The van der Waals surface area contributed by atoms with Gasteiger partial charge in [-0.3, -0.25) is 0 Å². The van der Waals surface area contributed by atoms with Crippen molar-refractivity contribution < 1.29 is 9.84 Å². The lowest BCUT2D eigenvalue weighted by molar-refractivity contribution is -0.0641. The summed E-state index contributed by atoms with van der Waals surface area (Å²) in [5.74, 6) is 5.53. The van der Waals surface area contributed by atoms with Crippen molar-refractivity contribution >= 4 is 0 Å². The average Bonchev–Trinajstić information content (AvgIpc) is 3.22. The molecule has 8 atom stereocenters. The van der Waals surface area contributed by atoms with E-state index < -0.39 is 0 Å². The van der Waals surface area contributed by atoms with Crippen LogP contribution in [0.5, 0.6) is 0 Å². The van der Waals surface area contributed by atoms with E-state index in [9.17, 15) is 0 Å². The van der Waals surface area contributed by atoms with E-state index in [1.807, 2.05) is 0 Å². The second-order valence-corrected chi connectivity index (χ2v) is 14.9. The second kappa shape index (κ2) is 13.3. The zero-order valence-electron chi connectivity index (χ0n) is 25.4. The fraction of sp³-hybridized carbons (Fsp3) is 0.943. The van der Waals surface area contributed by atoms with Crippen LogP contribution in [0.4, 0.5) is 0 Å². The maximum absolute atomic E-state index is 8.91. The highest BCUT2D eigenvalue weighted by Gasteiger charge is 2.59. The summed E-state index contributed by atoms with van der Waals surface area (Å²) in [7, 11) is 0. The summed E-state index contributed by atoms with van der Waals surface area (Å²) < 4.78 is 6.43. The normalized spacial score (nSPS) is 38.1. The average molecular weight is 515 g/mol. The van der Waals surface area contributed by atoms with E-state index in [1.165, 1.54) is 103 Å². The van der Waals surface area contributed by atoms with Crippen LogP contribution in [0.3, 0.4) is 0 Å². The summed E-state index contributed by atoms with van der Waals surface area (Å²) >= 11 is 0. The predicted molar refractivity (Wildman–Crippen MR) is 158 cm³/mol. The van der Waals surface area contributed by atoms with E-state index in [0.717, 1.165) is 48.5 Å². The number of hydrogen-bond donors (Lipinski definition) is 1. The number of rotatable bonds is 14. The summed E-state index contributed by atoms with van der Waals surface area (Å²) in [6, 6.07) is 0. The molecule has 1 N–H and O–H groups in total. The molecule has 0 aromatic heterocycles. The Morgan fingerprint density at radius 3 is 2.38 bits per heavy atom. The van der Waals surface area contributed by atoms with Crippen LogP contribution >= 0.6 is 0 Å². The van der Waals surface area contributed by atoms with Crippen molar-refractivity contribution in [1.82, 2.24) is 0 Å². The minimum absolute atomic E-state index is 0.347. The van der Waals surface area contributed by atoms with E-state index in [0.29, 0.717) is 23.5 Å². The third-order valence-electron chi connectivity index (χ3n) is 12.2. The Morgan fingerprint density at radius 2 is 1.62 bits per heavy atom. The Balaban J connectivity index is 1.29. The van der Waals surface area contributed by atoms with Gasteiger partial charge in [0, 0.05) is 13.2 Å². The molecule has 3 fully saturated rings. The Morgan fingerprint density at radius 1 is 0.865 bits per heavy atom. The van der Waals surface area contributed by atoms with Crippen molar-refractivity contribution in [2.45, 2.75) is 150 Å². The number of hydrogen-bond acceptors (Lipinski definition) is 2. The molecule has 0 aliphatic heterocycles. The Hall–Kier alpha value is -0.340. The molecule has 0 spiro atoms. The van der Waals surface area contributed by atoms with Crippen molar-refractivity contribution in [2.24, 2.45) is 46.3 Å². The SMILES string of the molecule is CC(C)CCC[C@@H](C)[C@H]1CCC2C3CC=C4C[C@@H](OCCCCCCCCO)CC[C@]4(C)C3CC[C@@]21C. The van der Waals surface area contributed by atoms with Crippen LogP contribution in [-0.2, 0) is 4.74 Å². The molecule has 0 bridgehead atoms. The Kier molecular flexibility index (Phi) is 10.7. The van der Waals surface area contributed by atoms with Crippen molar-refractivity contribution in [3.05, 3.63) is 11.6 Å². The van der Waals surface area contributed by atoms with Gasteiger partial charge in [0.15, 0.2) is 0 Å². The van der Waals surface area contributed by atoms with Crippen molar-refractivity contribution in [3.63, 3.8) is 0 Å². The second-order valence-electron chi connectivity index (χ2n) is 14.9. The van der Waals surface area contributed by atoms with Crippen molar-refractivity contribution in [2.75, 3.05) is 13.2 Å². The van der Waals surface area contributed by atoms with Gasteiger partial charge in [0.05, 0.1) is 6.10 Å². The first kappa shape index (κ1) is 29.6. The summed E-state index contributed by atoms with van der Waals surface area (Å²) in [5, 5.41) is 8.91. The van der Waals surface area contributed by atoms with Gasteiger partial charge in [0.1, 0.15) is 0 Å². The first-order chi connectivity index (χ1) is 17.8. The van der Waals surface area contributed by atoms with Crippen LogP contribution in [0, 0.1) is 46.3 Å². The van der Waals surface area contributed by atoms with Crippen LogP contribution in [0.2, 0.25) is 0 Å². The van der Waals surface area contributed by atoms with Crippen LogP contribution in [-0.4, -0.2) is 24.4 Å². The largest absolute Gasteiger partial charge is 0.396 e. The van der Waals surface area contributed by atoms with Gasteiger partial charge in [-0.25, -0.2) is 0 Å². The number of aliphatic hydroxyl groups excluding tert-OH is 1. The molecule has 4 rings (SSSR count). The molecule has 4 aliphatic carbocycles. The quantitative estimate of drug-likeness (QED) is 0.185. The van der Waals surface area contributed by atoms with Gasteiger partial charge in [-0.2, -0.15) is 0 Å². The molecule has 0 aromatic rings. The minimum Gasteiger partial charge on any atom is -0.396 e. The fourth-order valence-electron chi connectivity index (χ4n) is 9.97. The molecule has 4 aliphatic rings. The van der Waals surface area contributed by atoms with Gasteiger partial charge >= 0.3 is 0 Å². The third-order valence-corrected chi connectivity index (χ3v) is 12.2. The number of aliphatic hydroxyl groups is 1. The summed E-state index contributed by atoms with van der Waals surface area (Å²) in [5.41, 5.74) is 2.81. The summed E-state index contributed by atoms with van der Waals surface area (Å²) in [4.78, 5) is 0. The topological polar surface area (TPSA) is 29.5 Å². The number of allylic oxidation sites excluding steroid dienone is 1. The standard InChI is InChI=1S/C35H62O2/c1-26(2)13-12-14-27(3)31-17-18-32-30-16-15-28-25-29(37-24-11-9-7-6-8-10-23-36)19-21-34(28,4)33(30)20-22-35(31,32)5/h15,26-27,29-33,36H,6-14,16-25H2,1-5H3/t27-,29+,30?,31-,32?,33?,34+,35-/m1/s1. The fourth-order valence-corrected chi connectivity index (χ4v) is 9.97. The molecule has 214 valence electrons. The van der Waals surface area contributed by atoms with E-state index in [1.54, 1.807) is 5.57 Å². The monoisotopic (exact) mass is 514 g/mol. The van der Waals surface area contributed by atoms with E-state index >= 15 is 0 Å². The molecule has 0 radical (unpaired) electrons. The summed E-state index contributed by atoms with van der Waals surface area (Å²) in [6.07, 6.45) is 25.8.